The number of carbonyl (C=O) groups excluding carboxylic acids is 1. The minimum Gasteiger partial charge on any atom is -0.497 e. The smallest absolute Gasteiger partial charge is 0.341 e. The topological polar surface area (TPSA) is 59.6 Å². The standard InChI is InChI=1S/C23H30N2O3S2/c1-6-28-21(26)19-17-12-7-14(23(2,3)4)13-18(17)30-20(19)25-22(29)24-15-8-10-16(27-5)11-9-15/h8-11,14H,6-7,12-13H2,1-5H3,(H2,24,25,29). The van der Waals surface area contributed by atoms with Crippen LogP contribution in [0.2, 0.25) is 0 Å². The van der Waals surface area contributed by atoms with Gasteiger partial charge in [-0.1, -0.05) is 20.8 Å². The Balaban J connectivity index is 1.83. The SMILES string of the molecule is CCOC(=O)c1c(NC(=S)Nc2ccc(OC)cc2)sc2c1CCC(C(C)(C)C)C2. The highest BCUT2D eigenvalue weighted by atomic mass is 32.1. The number of ether oxygens (including phenoxy) is 2. The number of hydrogen-bond acceptors (Lipinski definition) is 5. The molecule has 7 heteroatoms. The van der Waals surface area contributed by atoms with Gasteiger partial charge in [0.05, 0.1) is 19.3 Å². The van der Waals surface area contributed by atoms with Gasteiger partial charge in [-0.25, -0.2) is 4.79 Å². The van der Waals surface area contributed by atoms with Crippen LogP contribution < -0.4 is 15.4 Å². The van der Waals surface area contributed by atoms with Crippen LogP contribution in [0.3, 0.4) is 0 Å². The molecular formula is C23H30N2O3S2. The Kier molecular flexibility index (Phi) is 7.03. The van der Waals surface area contributed by atoms with Gasteiger partial charge in [0.25, 0.3) is 0 Å². The Morgan fingerprint density at radius 1 is 1.23 bits per heavy atom. The van der Waals surface area contributed by atoms with Crippen molar-refractivity contribution in [1.29, 1.82) is 0 Å². The molecule has 0 bridgehead atoms. The fourth-order valence-corrected chi connectivity index (χ4v) is 5.38. The van der Waals surface area contributed by atoms with Crippen LogP contribution in [-0.2, 0) is 17.6 Å². The van der Waals surface area contributed by atoms with Crippen LogP contribution >= 0.6 is 23.6 Å². The number of esters is 1. The fourth-order valence-electron chi connectivity index (χ4n) is 3.77. The largest absolute Gasteiger partial charge is 0.497 e. The first-order valence-electron chi connectivity index (χ1n) is 10.3. The molecule has 30 heavy (non-hydrogen) atoms. The number of rotatable bonds is 5. The highest BCUT2D eigenvalue weighted by molar-refractivity contribution is 7.80. The van der Waals surface area contributed by atoms with Crippen molar-refractivity contribution in [2.24, 2.45) is 11.3 Å². The number of methoxy groups -OCH3 is 1. The normalized spacial score (nSPS) is 15.8. The van der Waals surface area contributed by atoms with Crippen molar-refractivity contribution in [3.8, 4) is 5.75 Å². The summed E-state index contributed by atoms with van der Waals surface area (Å²) in [6.45, 7) is 9.04. The van der Waals surface area contributed by atoms with Crippen molar-refractivity contribution in [1.82, 2.24) is 0 Å². The van der Waals surface area contributed by atoms with E-state index in [1.54, 1.807) is 18.4 Å². The zero-order valence-electron chi connectivity index (χ0n) is 18.3. The van der Waals surface area contributed by atoms with Gasteiger partial charge in [0.15, 0.2) is 5.11 Å². The van der Waals surface area contributed by atoms with E-state index in [4.69, 9.17) is 21.7 Å². The van der Waals surface area contributed by atoms with Gasteiger partial charge in [-0.3, -0.25) is 0 Å². The quantitative estimate of drug-likeness (QED) is 0.441. The van der Waals surface area contributed by atoms with Crippen molar-refractivity contribution in [3.63, 3.8) is 0 Å². The lowest BCUT2D eigenvalue weighted by molar-refractivity contribution is 0.0526. The summed E-state index contributed by atoms with van der Waals surface area (Å²) in [6, 6.07) is 7.52. The van der Waals surface area contributed by atoms with Crippen LogP contribution in [0.15, 0.2) is 24.3 Å². The van der Waals surface area contributed by atoms with E-state index in [2.05, 4.69) is 31.4 Å². The van der Waals surface area contributed by atoms with Gasteiger partial charge in [-0.05, 0) is 79.6 Å². The van der Waals surface area contributed by atoms with Crippen LogP contribution in [0.4, 0.5) is 10.7 Å². The Morgan fingerprint density at radius 3 is 2.53 bits per heavy atom. The Hall–Kier alpha value is -2.12. The predicted molar refractivity (Wildman–Crippen MR) is 128 cm³/mol. The first-order valence-corrected chi connectivity index (χ1v) is 11.5. The first kappa shape index (κ1) is 22.6. The number of hydrogen-bond donors (Lipinski definition) is 2. The molecule has 0 fully saturated rings. The zero-order chi connectivity index (χ0) is 21.9. The number of anilines is 2. The summed E-state index contributed by atoms with van der Waals surface area (Å²) in [5.74, 6) is 1.10. The molecule has 0 saturated carbocycles. The molecule has 1 aliphatic rings. The summed E-state index contributed by atoms with van der Waals surface area (Å²) >= 11 is 7.14. The lowest BCUT2D eigenvalue weighted by atomic mass is 9.72. The van der Waals surface area contributed by atoms with E-state index in [1.807, 2.05) is 31.2 Å². The summed E-state index contributed by atoms with van der Waals surface area (Å²) in [6.07, 6.45) is 2.95. The van der Waals surface area contributed by atoms with Crippen molar-refractivity contribution < 1.29 is 14.3 Å². The number of benzene rings is 1. The van der Waals surface area contributed by atoms with E-state index < -0.39 is 0 Å². The number of carbonyl (C=O) groups is 1. The average Bonchev–Trinajstić information content (AvgIpc) is 3.04. The van der Waals surface area contributed by atoms with Gasteiger partial charge in [-0.15, -0.1) is 11.3 Å². The van der Waals surface area contributed by atoms with Crippen LogP contribution in [0.1, 0.15) is 54.9 Å². The molecule has 1 aliphatic carbocycles. The van der Waals surface area contributed by atoms with Crippen molar-refractivity contribution in [2.45, 2.75) is 47.0 Å². The maximum absolute atomic E-state index is 12.8. The van der Waals surface area contributed by atoms with Gasteiger partial charge in [0.2, 0.25) is 0 Å². The number of nitrogens with one attached hydrogen (secondary N) is 2. The monoisotopic (exact) mass is 446 g/mol. The van der Waals surface area contributed by atoms with Crippen LogP contribution in [-0.4, -0.2) is 24.8 Å². The Morgan fingerprint density at radius 2 is 1.93 bits per heavy atom. The predicted octanol–water partition coefficient (Wildman–Crippen LogP) is 5.89. The Labute approximate surface area is 188 Å². The third-order valence-corrected chi connectivity index (χ3v) is 6.92. The second-order valence-corrected chi connectivity index (χ2v) is 10.1. The lowest BCUT2D eigenvalue weighted by Crippen LogP contribution is -2.26. The average molecular weight is 447 g/mol. The second-order valence-electron chi connectivity index (χ2n) is 8.54. The van der Waals surface area contributed by atoms with E-state index in [0.29, 0.717) is 23.2 Å². The second kappa shape index (κ2) is 9.35. The molecule has 1 unspecified atom stereocenters. The van der Waals surface area contributed by atoms with E-state index in [9.17, 15) is 4.79 Å². The first-order chi connectivity index (χ1) is 14.2. The molecule has 2 aromatic rings. The summed E-state index contributed by atoms with van der Waals surface area (Å²) < 4.78 is 10.6. The molecular weight excluding hydrogens is 416 g/mol. The minimum atomic E-state index is -0.279. The van der Waals surface area contributed by atoms with Crippen molar-refractivity contribution in [2.75, 3.05) is 24.4 Å². The molecule has 0 saturated heterocycles. The van der Waals surface area contributed by atoms with Crippen LogP contribution in [0.25, 0.3) is 0 Å². The highest BCUT2D eigenvalue weighted by Gasteiger charge is 2.34. The van der Waals surface area contributed by atoms with Gasteiger partial charge in [-0.2, -0.15) is 0 Å². The highest BCUT2D eigenvalue weighted by Crippen LogP contribution is 2.44. The molecule has 0 aliphatic heterocycles. The summed E-state index contributed by atoms with van der Waals surface area (Å²) in [5.41, 5.74) is 2.85. The molecule has 1 aromatic carbocycles. The molecule has 1 aromatic heterocycles. The third kappa shape index (κ3) is 5.13. The molecule has 3 rings (SSSR count). The summed E-state index contributed by atoms with van der Waals surface area (Å²) in [5, 5.41) is 7.62. The molecule has 2 N–H and O–H groups in total. The molecule has 5 nitrogen and oxygen atoms in total. The van der Waals surface area contributed by atoms with Crippen molar-refractivity contribution >= 4 is 45.3 Å². The van der Waals surface area contributed by atoms with Gasteiger partial charge in [0.1, 0.15) is 10.8 Å². The molecule has 0 spiro atoms. The molecule has 1 heterocycles. The molecule has 0 amide bonds. The summed E-state index contributed by atoms with van der Waals surface area (Å²) in [7, 11) is 1.63. The third-order valence-electron chi connectivity index (χ3n) is 5.54. The minimum absolute atomic E-state index is 0.241. The van der Waals surface area contributed by atoms with Crippen LogP contribution in [0.5, 0.6) is 5.75 Å². The van der Waals surface area contributed by atoms with Gasteiger partial charge < -0.3 is 20.1 Å². The molecule has 1 atom stereocenters. The van der Waals surface area contributed by atoms with E-state index in [0.717, 1.165) is 41.3 Å². The number of thiocarbonyl (C=S) groups is 1. The summed E-state index contributed by atoms with van der Waals surface area (Å²) in [4.78, 5) is 14.0. The zero-order valence-corrected chi connectivity index (χ0v) is 19.9. The molecule has 0 radical (unpaired) electrons. The number of thiophene rings is 1. The van der Waals surface area contributed by atoms with E-state index in [-0.39, 0.29) is 11.4 Å². The number of fused-ring (bicyclic) bond motifs is 1. The fraction of sp³-hybridized carbons (Fsp3) is 0.478. The Bertz CT molecular complexity index is 914. The maximum Gasteiger partial charge on any atom is 0.341 e. The van der Waals surface area contributed by atoms with Gasteiger partial charge in [0, 0.05) is 10.6 Å². The maximum atomic E-state index is 12.8. The molecule has 162 valence electrons. The van der Waals surface area contributed by atoms with E-state index in [1.165, 1.54) is 4.88 Å². The lowest BCUT2D eigenvalue weighted by Gasteiger charge is -2.33. The van der Waals surface area contributed by atoms with Crippen molar-refractivity contribution in [3.05, 3.63) is 40.3 Å². The van der Waals surface area contributed by atoms with Crippen LogP contribution in [0, 0.1) is 11.3 Å². The van der Waals surface area contributed by atoms with Gasteiger partial charge >= 0.3 is 5.97 Å². The van der Waals surface area contributed by atoms with E-state index >= 15 is 0 Å².